The first-order chi connectivity index (χ1) is 14.4. The molecule has 0 spiro atoms. The van der Waals surface area contributed by atoms with Crippen LogP contribution < -0.4 is 20.5 Å². The molecule has 2 fully saturated rings. The highest BCUT2D eigenvalue weighted by Gasteiger charge is 2.33. The number of rotatable bonds is 6. The molecule has 30 heavy (non-hydrogen) atoms. The number of cyclic esters (lactones) is 1. The number of hydrazine groups is 1. The topological polar surface area (TPSA) is 114 Å². The molecule has 1 aromatic carbocycles. The SMILES string of the molecule is CCC(=O)NC[C@H]1CN(c2ccc(N3CCNN(C(=O)CO)CC3)c(F)c2)C(=O)O1. The molecule has 2 aliphatic heterocycles. The van der Waals surface area contributed by atoms with Crippen LogP contribution in [0.25, 0.3) is 0 Å². The molecule has 11 heteroatoms. The summed E-state index contributed by atoms with van der Waals surface area (Å²) < 4.78 is 20.1. The minimum atomic E-state index is -0.592. The fourth-order valence-electron chi connectivity index (χ4n) is 3.38. The first-order valence-corrected chi connectivity index (χ1v) is 9.87. The molecule has 3 N–H and O–H groups in total. The quantitative estimate of drug-likeness (QED) is 0.582. The molecule has 2 aliphatic rings. The van der Waals surface area contributed by atoms with Crippen LogP contribution in [0.5, 0.6) is 0 Å². The minimum absolute atomic E-state index is 0.133. The summed E-state index contributed by atoms with van der Waals surface area (Å²) in [6.45, 7) is 3.13. The molecular formula is C19H26FN5O5. The van der Waals surface area contributed by atoms with E-state index in [4.69, 9.17) is 9.84 Å². The van der Waals surface area contributed by atoms with E-state index < -0.39 is 30.5 Å². The maximum atomic E-state index is 14.8. The number of hydrogen-bond donors (Lipinski definition) is 3. The van der Waals surface area contributed by atoms with E-state index in [1.807, 2.05) is 0 Å². The van der Waals surface area contributed by atoms with Gasteiger partial charge in [0.1, 0.15) is 18.5 Å². The summed E-state index contributed by atoms with van der Waals surface area (Å²) in [5.41, 5.74) is 3.63. The lowest BCUT2D eigenvalue weighted by Crippen LogP contribution is -2.45. The molecule has 1 aromatic rings. The highest BCUT2D eigenvalue weighted by molar-refractivity contribution is 5.90. The standard InChI is InChI=1S/C19H26FN5O5/c1-2-17(27)21-10-14-11-24(19(29)30-14)13-3-4-16(15(20)9-13)23-6-5-22-25(8-7-23)18(28)12-26/h3-4,9,14,22,26H,2,5-8,10-12H2,1H3,(H,21,27)/t14-/m0/s1. The van der Waals surface area contributed by atoms with Crippen molar-refractivity contribution in [1.82, 2.24) is 15.8 Å². The van der Waals surface area contributed by atoms with E-state index in [0.717, 1.165) is 0 Å². The lowest BCUT2D eigenvalue weighted by molar-refractivity contribution is -0.137. The molecule has 0 bridgehead atoms. The molecular weight excluding hydrogens is 397 g/mol. The number of ether oxygens (including phenoxy) is 1. The zero-order valence-corrected chi connectivity index (χ0v) is 16.8. The third kappa shape index (κ3) is 4.97. The van der Waals surface area contributed by atoms with Gasteiger partial charge in [-0.1, -0.05) is 6.92 Å². The summed E-state index contributed by atoms with van der Waals surface area (Å²) >= 11 is 0. The van der Waals surface area contributed by atoms with E-state index in [9.17, 15) is 18.8 Å². The number of aliphatic hydroxyl groups excluding tert-OH is 1. The van der Waals surface area contributed by atoms with Gasteiger partial charge in [-0.05, 0) is 18.2 Å². The van der Waals surface area contributed by atoms with Gasteiger partial charge in [-0.2, -0.15) is 0 Å². The van der Waals surface area contributed by atoms with Crippen LogP contribution in [0.4, 0.5) is 20.6 Å². The Hall–Kier alpha value is -2.92. The largest absolute Gasteiger partial charge is 0.442 e. The summed E-state index contributed by atoms with van der Waals surface area (Å²) in [5.74, 6) is -1.07. The Kier molecular flexibility index (Phi) is 7.06. The number of hydrogen-bond acceptors (Lipinski definition) is 7. The van der Waals surface area contributed by atoms with Crippen LogP contribution in [0.2, 0.25) is 0 Å². The molecule has 0 radical (unpaired) electrons. The normalized spacial score (nSPS) is 19.5. The van der Waals surface area contributed by atoms with Crippen LogP contribution in [0.1, 0.15) is 13.3 Å². The van der Waals surface area contributed by atoms with Gasteiger partial charge in [0.25, 0.3) is 5.91 Å². The van der Waals surface area contributed by atoms with Gasteiger partial charge in [-0.3, -0.25) is 19.5 Å². The second kappa shape index (κ2) is 9.72. The van der Waals surface area contributed by atoms with Gasteiger partial charge in [-0.15, -0.1) is 0 Å². The van der Waals surface area contributed by atoms with Gasteiger partial charge in [0.2, 0.25) is 5.91 Å². The minimum Gasteiger partial charge on any atom is -0.442 e. The lowest BCUT2D eigenvalue weighted by atomic mass is 10.2. The average Bonchev–Trinajstić information content (AvgIpc) is 2.96. The van der Waals surface area contributed by atoms with Crippen LogP contribution in [0, 0.1) is 5.82 Å². The predicted molar refractivity (Wildman–Crippen MR) is 106 cm³/mol. The van der Waals surface area contributed by atoms with Gasteiger partial charge in [0, 0.05) is 26.1 Å². The van der Waals surface area contributed by atoms with Gasteiger partial charge < -0.3 is 20.1 Å². The molecule has 1 atom stereocenters. The molecule has 0 aromatic heterocycles. The van der Waals surface area contributed by atoms with E-state index in [-0.39, 0.29) is 19.0 Å². The molecule has 164 valence electrons. The second-order valence-corrected chi connectivity index (χ2v) is 7.01. The van der Waals surface area contributed by atoms with Crippen molar-refractivity contribution in [2.75, 3.05) is 55.7 Å². The maximum Gasteiger partial charge on any atom is 0.414 e. The Morgan fingerprint density at radius 2 is 2.13 bits per heavy atom. The maximum absolute atomic E-state index is 14.8. The lowest BCUT2D eigenvalue weighted by Gasteiger charge is -2.24. The number of nitrogens with one attached hydrogen (secondary N) is 2. The summed E-state index contributed by atoms with van der Waals surface area (Å²) in [6.07, 6.45) is -0.743. The summed E-state index contributed by atoms with van der Waals surface area (Å²) in [6, 6.07) is 4.51. The van der Waals surface area contributed by atoms with E-state index in [2.05, 4.69) is 10.7 Å². The Bertz CT molecular complexity index is 808. The zero-order chi connectivity index (χ0) is 21.7. The fraction of sp³-hybridized carbons (Fsp3) is 0.526. The Morgan fingerprint density at radius 3 is 2.83 bits per heavy atom. The molecule has 0 saturated carbocycles. The van der Waals surface area contributed by atoms with Crippen molar-refractivity contribution in [3.05, 3.63) is 24.0 Å². The molecule has 2 saturated heterocycles. The third-order valence-corrected chi connectivity index (χ3v) is 5.02. The number of benzene rings is 1. The number of aliphatic hydroxyl groups is 1. The Labute approximate surface area is 173 Å². The molecule has 3 amide bonds. The number of nitrogens with zero attached hydrogens (tertiary/aromatic N) is 3. The van der Waals surface area contributed by atoms with Crippen LogP contribution in [0.3, 0.4) is 0 Å². The van der Waals surface area contributed by atoms with Gasteiger partial charge in [-0.25, -0.2) is 14.6 Å². The predicted octanol–water partition coefficient (Wildman–Crippen LogP) is -0.177. The van der Waals surface area contributed by atoms with Gasteiger partial charge >= 0.3 is 6.09 Å². The first-order valence-electron chi connectivity index (χ1n) is 9.87. The average molecular weight is 423 g/mol. The van der Waals surface area contributed by atoms with Crippen molar-refractivity contribution in [2.24, 2.45) is 0 Å². The summed E-state index contributed by atoms with van der Waals surface area (Å²) in [7, 11) is 0. The molecule has 3 rings (SSSR count). The van der Waals surface area contributed by atoms with E-state index in [1.165, 1.54) is 16.0 Å². The van der Waals surface area contributed by atoms with Crippen molar-refractivity contribution < 1.29 is 28.6 Å². The zero-order valence-electron chi connectivity index (χ0n) is 16.8. The third-order valence-electron chi connectivity index (χ3n) is 5.02. The number of amides is 3. The van der Waals surface area contributed by atoms with Gasteiger partial charge in [0.15, 0.2) is 0 Å². The molecule has 10 nitrogen and oxygen atoms in total. The summed E-state index contributed by atoms with van der Waals surface area (Å²) in [5, 5.41) is 13.0. The van der Waals surface area contributed by atoms with Crippen molar-refractivity contribution in [2.45, 2.75) is 19.4 Å². The number of carbonyl (C=O) groups excluding carboxylic acids is 3. The number of halogens is 1. The fourth-order valence-corrected chi connectivity index (χ4v) is 3.38. The van der Waals surface area contributed by atoms with Crippen molar-refractivity contribution in [3.8, 4) is 0 Å². The van der Waals surface area contributed by atoms with Gasteiger partial charge in [0.05, 0.1) is 31.0 Å². The van der Waals surface area contributed by atoms with Crippen molar-refractivity contribution in [3.63, 3.8) is 0 Å². The van der Waals surface area contributed by atoms with Crippen LogP contribution >= 0.6 is 0 Å². The summed E-state index contributed by atoms with van der Waals surface area (Å²) in [4.78, 5) is 38.3. The number of anilines is 2. The number of carbonyl (C=O) groups is 3. The van der Waals surface area contributed by atoms with Crippen molar-refractivity contribution >= 4 is 29.3 Å². The van der Waals surface area contributed by atoms with Crippen LogP contribution in [-0.2, 0) is 14.3 Å². The molecule has 0 aliphatic carbocycles. The van der Waals surface area contributed by atoms with Crippen molar-refractivity contribution in [1.29, 1.82) is 0 Å². The smallest absolute Gasteiger partial charge is 0.414 e. The Morgan fingerprint density at radius 1 is 1.33 bits per heavy atom. The molecule has 0 unspecified atom stereocenters. The van der Waals surface area contributed by atoms with E-state index >= 15 is 0 Å². The van der Waals surface area contributed by atoms with E-state index in [1.54, 1.807) is 24.0 Å². The highest BCUT2D eigenvalue weighted by atomic mass is 19.1. The first kappa shape index (κ1) is 21.8. The molecule has 2 heterocycles. The Balaban J connectivity index is 1.64. The monoisotopic (exact) mass is 423 g/mol. The van der Waals surface area contributed by atoms with Crippen LogP contribution in [-0.4, -0.2) is 80.0 Å². The second-order valence-electron chi connectivity index (χ2n) is 7.01. The highest BCUT2D eigenvalue weighted by Crippen LogP contribution is 2.28. The van der Waals surface area contributed by atoms with E-state index in [0.29, 0.717) is 44.0 Å². The van der Waals surface area contributed by atoms with Crippen LogP contribution in [0.15, 0.2) is 18.2 Å².